The van der Waals surface area contributed by atoms with E-state index in [1.807, 2.05) is 36.6 Å². The molecule has 2 heterocycles. The zero-order chi connectivity index (χ0) is 23.9. The van der Waals surface area contributed by atoms with Gasteiger partial charge in [-0.15, -0.1) is 0 Å². The van der Waals surface area contributed by atoms with Crippen LogP contribution in [0, 0.1) is 13.8 Å². The maximum atomic E-state index is 13.3. The minimum absolute atomic E-state index is 0.00274. The molecule has 0 bridgehead atoms. The molecule has 1 aromatic heterocycles. The highest BCUT2D eigenvalue weighted by atomic mass is 35.5. The lowest BCUT2D eigenvalue weighted by molar-refractivity contribution is -0.122. The Morgan fingerprint density at radius 3 is 2.42 bits per heavy atom. The number of aromatic carboxylic acids is 1. The third-order valence-corrected chi connectivity index (χ3v) is 5.84. The summed E-state index contributed by atoms with van der Waals surface area (Å²) in [7, 11) is 0. The van der Waals surface area contributed by atoms with Gasteiger partial charge in [0.25, 0.3) is 11.8 Å². The normalized spacial score (nSPS) is 15.2. The van der Waals surface area contributed by atoms with E-state index in [1.54, 1.807) is 18.2 Å². The van der Waals surface area contributed by atoms with Crippen molar-refractivity contribution in [3.05, 3.63) is 87.7 Å². The lowest BCUT2D eigenvalue weighted by Gasteiger charge is -2.29. The molecular weight excluding hydrogens is 462 g/mol. The van der Waals surface area contributed by atoms with Crippen molar-refractivity contribution < 1.29 is 19.5 Å². The number of carbonyl (C=O) groups excluding carboxylic acids is 2. The maximum absolute atomic E-state index is 13.3. The summed E-state index contributed by atoms with van der Waals surface area (Å²) in [6.07, 6.45) is 1.52. The highest BCUT2D eigenvalue weighted by molar-refractivity contribution is 7.80. The van der Waals surface area contributed by atoms with Gasteiger partial charge in [0.05, 0.1) is 11.3 Å². The number of benzene rings is 2. The average molecular weight is 480 g/mol. The van der Waals surface area contributed by atoms with Gasteiger partial charge >= 0.3 is 5.97 Å². The van der Waals surface area contributed by atoms with Crippen molar-refractivity contribution in [2.45, 2.75) is 13.8 Å². The third kappa shape index (κ3) is 4.18. The fourth-order valence-electron chi connectivity index (χ4n) is 3.75. The van der Waals surface area contributed by atoms with Crippen LogP contribution in [0.1, 0.15) is 27.3 Å². The number of nitrogens with zero attached hydrogens (tertiary/aromatic N) is 2. The third-order valence-electron chi connectivity index (χ3n) is 5.31. The molecule has 2 aromatic carbocycles. The molecular formula is C24H18ClN3O4S. The number of aryl methyl sites for hydroxylation is 1. The molecule has 4 rings (SSSR count). The molecule has 0 spiro atoms. The van der Waals surface area contributed by atoms with Crippen molar-refractivity contribution in [1.82, 2.24) is 9.88 Å². The molecule has 166 valence electrons. The van der Waals surface area contributed by atoms with Gasteiger partial charge in [-0.05, 0) is 86.2 Å². The Morgan fingerprint density at radius 2 is 1.76 bits per heavy atom. The van der Waals surface area contributed by atoms with E-state index in [-0.39, 0.29) is 21.9 Å². The monoisotopic (exact) mass is 479 g/mol. The van der Waals surface area contributed by atoms with Crippen molar-refractivity contribution >= 4 is 58.5 Å². The maximum Gasteiger partial charge on any atom is 0.335 e. The van der Waals surface area contributed by atoms with Gasteiger partial charge in [0.2, 0.25) is 0 Å². The number of hydrogen-bond donors (Lipinski definition) is 2. The number of carbonyl (C=O) groups is 3. The van der Waals surface area contributed by atoms with E-state index in [2.05, 4.69) is 5.32 Å². The van der Waals surface area contributed by atoms with Gasteiger partial charge < -0.3 is 9.67 Å². The van der Waals surface area contributed by atoms with Gasteiger partial charge in [-0.25, -0.2) is 4.79 Å². The fraction of sp³-hybridized carbons (Fsp3) is 0.0833. The molecule has 1 saturated heterocycles. The number of carboxylic acids is 1. The number of hydrogen-bond acceptors (Lipinski definition) is 4. The molecule has 0 saturated carbocycles. The number of carboxylic acid groups (broad SMARTS) is 1. The molecule has 0 aliphatic carbocycles. The second-order valence-electron chi connectivity index (χ2n) is 7.45. The predicted octanol–water partition coefficient (Wildman–Crippen LogP) is 4.28. The van der Waals surface area contributed by atoms with E-state index in [9.17, 15) is 19.5 Å². The Kier molecular flexibility index (Phi) is 5.88. The summed E-state index contributed by atoms with van der Waals surface area (Å²) < 4.78 is 1.99. The van der Waals surface area contributed by atoms with E-state index < -0.39 is 17.8 Å². The molecule has 1 aliphatic heterocycles. The second kappa shape index (κ2) is 8.65. The average Bonchev–Trinajstić information content (AvgIpc) is 3.05. The molecule has 0 atom stereocenters. The largest absolute Gasteiger partial charge is 0.478 e. The number of nitrogens with one attached hydrogen (secondary N) is 1. The number of thiocarbonyl (C=S) groups is 1. The first-order valence-corrected chi connectivity index (χ1v) is 10.7. The standard InChI is InChI=1S/C24H18ClN3O4S/c1-13-10-16(14(2)27(13)18-8-6-17(25)7-9-18)12-20-21(29)26-24(33)28(22(20)30)19-5-3-4-15(11-19)23(31)32/h3-12H,1-2H3,(H,31,32)(H,26,29,33). The number of halogens is 1. The molecule has 2 N–H and O–H groups in total. The van der Waals surface area contributed by atoms with E-state index >= 15 is 0 Å². The van der Waals surface area contributed by atoms with Crippen molar-refractivity contribution in [3.63, 3.8) is 0 Å². The number of amides is 2. The first-order valence-electron chi connectivity index (χ1n) is 9.87. The first-order chi connectivity index (χ1) is 15.7. The van der Waals surface area contributed by atoms with Gasteiger partial charge in [-0.3, -0.25) is 19.8 Å². The molecule has 7 nitrogen and oxygen atoms in total. The van der Waals surface area contributed by atoms with Crippen LogP contribution in [0.3, 0.4) is 0 Å². The second-order valence-corrected chi connectivity index (χ2v) is 8.27. The van der Waals surface area contributed by atoms with Crippen molar-refractivity contribution in [1.29, 1.82) is 0 Å². The Morgan fingerprint density at radius 1 is 1.06 bits per heavy atom. The van der Waals surface area contributed by atoms with Gasteiger partial charge in [0, 0.05) is 22.1 Å². The van der Waals surface area contributed by atoms with Gasteiger partial charge in [0.15, 0.2) is 5.11 Å². The lowest BCUT2D eigenvalue weighted by Crippen LogP contribution is -2.54. The summed E-state index contributed by atoms with van der Waals surface area (Å²) in [5.74, 6) is -2.39. The topological polar surface area (TPSA) is 91.6 Å². The van der Waals surface area contributed by atoms with Crippen molar-refractivity contribution in [3.8, 4) is 5.69 Å². The Hall–Kier alpha value is -3.75. The first kappa shape index (κ1) is 22.4. The predicted molar refractivity (Wildman–Crippen MR) is 130 cm³/mol. The summed E-state index contributed by atoms with van der Waals surface area (Å²) in [5, 5.41) is 12.3. The Labute approximate surface area is 199 Å². The smallest absolute Gasteiger partial charge is 0.335 e. The van der Waals surface area contributed by atoms with Gasteiger partial charge in [-0.2, -0.15) is 0 Å². The SMILES string of the molecule is Cc1cc(C=C2C(=O)NC(=S)N(c3cccc(C(=O)O)c3)C2=O)c(C)n1-c1ccc(Cl)cc1. The highest BCUT2D eigenvalue weighted by Gasteiger charge is 2.35. The quantitative estimate of drug-likeness (QED) is 0.331. The summed E-state index contributed by atoms with van der Waals surface area (Å²) in [6, 6.07) is 15.0. The molecule has 3 aromatic rings. The molecule has 0 radical (unpaired) electrons. The summed E-state index contributed by atoms with van der Waals surface area (Å²) in [6.45, 7) is 3.81. The molecule has 1 fully saturated rings. The van der Waals surface area contributed by atoms with Gasteiger partial charge in [-0.1, -0.05) is 17.7 Å². The molecule has 2 amide bonds. The van der Waals surface area contributed by atoms with Crippen molar-refractivity contribution in [2.75, 3.05) is 4.90 Å². The van der Waals surface area contributed by atoms with Crippen LogP contribution >= 0.6 is 23.8 Å². The van der Waals surface area contributed by atoms with Crippen LogP contribution in [0.5, 0.6) is 0 Å². The van der Waals surface area contributed by atoms with Crippen LogP contribution in [0.25, 0.3) is 11.8 Å². The zero-order valence-electron chi connectivity index (χ0n) is 17.6. The minimum atomic E-state index is -1.14. The number of anilines is 1. The molecule has 0 unspecified atom stereocenters. The molecule has 9 heteroatoms. The Balaban J connectivity index is 1.76. The van der Waals surface area contributed by atoms with Crippen molar-refractivity contribution in [2.24, 2.45) is 0 Å². The number of aromatic nitrogens is 1. The van der Waals surface area contributed by atoms with Crippen LogP contribution in [0.15, 0.2) is 60.2 Å². The summed E-state index contributed by atoms with van der Waals surface area (Å²) in [4.78, 5) is 38.4. The summed E-state index contributed by atoms with van der Waals surface area (Å²) >= 11 is 11.2. The van der Waals surface area contributed by atoms with E-state index in [4.69, 9.17) is 23.8 Å². The van der Waals surface area contributed by atoms with E-state index in [0.29, 0.717) is 10.6 Å². The van der Waals surface area contributed by atoms with Crippen LogP contribution in [-0.2, 0) is 9.59 Å². The lowest BCUT2D eigenvalue weighted by atomic mass is 10.1. The van der Waals surface area contributed by atoms with Crippen LogP contribution in [0.4, 0.5) is 5.69 Å². The van der Waals surface area contributed by atoms with Crippen LogP contribution in [-0.4, -0.2) is 32.6 Å². The molecule has 1 aliphatic rings. The Bertz CT molecular complexity index is 1360. The van der Waals surface area contributed by atoms with Gasteiger partial charge in [0.1, 0.15) is 5.57 Å². The summed E-state index contributed by atoms with van der Waals surface area (Å²) in [5.41, 5.74) is 3.46. The molecule has 33 heavy (non-hydrogen) atoms. The number of rotatable bonds is 4. The van der Waals surface area contributed by atoms with E-state index in [1.165, 1.54) is 24.3 Å². The fourth-order valence-corrected chi connectivity index (χ4v) is 4.15. The highest BCUT2D eigenvalue weighted by Crippen LogP contribution is 2.27. The zero-order valence-corrected chi connectivity index (χ0v) is 19.2. The van der Waals surface area contributed by atoms with Crippen LogP contribution in [0.2, 0.25) is 5.02 Å². The van der Waals surface area contributed by atoms with E-state index in [0.717, 1.165) is 22.0 Å². The minimum Gasteiger partial charge on any atom is -0.478 e. The van der Waals surface area contributed by atoms with Crippen LogP contribution < -0.4 is 10.2 Å².